The number of carbonyl (C=O) groups is 2. The van der Waals surface area contributed by atoms with E-state index in [0.29, 0.717) is 24.5 Å². The number of carbonyl (C=O) groups excluding carboxylic acids is 2. The molecule has 2 aromatic heterocycles. The third-order valence-electron chi connectivity index (χ3n) is 4.49. The number of ketones is 1. The SMILES string of the molecule is O=C(C(=O)N1CCC[C@@H](c2nc3ccccc3o2)C1)c1cccnc1. The first-order valence-corrected chi connectivity index (χ1v) is 8.31. The van der Waals surface area contributed by atoms with E-state index in [2.05, 4.69) is 9.97 Å². The van der Waals surface area contributed by atoms with Crippen LogP contribution in [0.4, 0.5) is 0 Å². The molecule has 1 atom stereocenters. The van der Waals surface area contributed by atoms with Gasteiger partial charge in [-0.25, -0.2) is 4.98 Å². The van der Waals surface area contributed by atoms with E-state index in [4.69, 9.17) is 4.42 Å². The fourth-order valence-electron chi connectivity index (χ4n) is 3.19. The number of likely N-dealkylation sites (tertiary alicyclic amines) is 1. The van der Waals surface area contributed by atoms with Crippen LogP contribution in [0.25, 0.3) is 11.1 Å². The number of hydrogen-bond acceptors (Lipinski definition) is 5. The second kappa shape index (κ2) is 6.47. The quantitative estimate of drug-likeness (QED) is 0.543. The monoisotopic (exact) mass is 335 g/mol. The molecule has 0 unspecified atom stereocenters. The summed E-state index contributed by atoms with van der Waals surface area (Å²) < 4.78 is 5.84. The van der Waals surface area contributed by atoms with Gasteiger partial charge in [0, 0.05) is 31.0 Å². The van der Waals surface area contributed by atoms with Gasteiger partial charge >= 0.3 is 0 Å². The van der Waals surface area contributed by atoms with Crippen molar-refractivity contribution in [1.82, 2.24) is 14.9 Å². The molecule has 3 heterocycles. The molecule has 25 heavy (non-hydrogen) atoms. The molecule has 1 aliphatic rings. The lowest BCUT2D eigenvalue weighted by molar-refractivity contribution is -0.127. The zero-order valence-electron chi connectivity index (χ0n) is 13.6. The Kier molecular flexibility index (Phi) is 4.01. The molecule has 1 saturated heterocycles. The maximum atomic E-state index is 12.5. The average molecular weight is 335 g/mol. The topological polar surface area (TPSA) is 76.3 Å². The van der Waals surface area contributed by atoms with Gasteiger partial charge in [0.25, 0.3) is 11.7 Å². The van der Waals surface area contributed by atoms with E-state index in [1.807, 2.05) is 24.3 Å². The van der Waals surface area contributed by atoms with Crippen LogP contribution in [0.15, 0.2) is 53.2 Å². The minimum Gasteiger partial charge on any atom is -0.440 e. The molecular weight excluding hydrogens is 318 g/mol. The molecule has 1 aromatic carbocycles. The van der Waals surface area contributed by atoms with E-state index in [-0.39, 0.29) is 5.92 Å². The van der Waals surface area contributed by atoms with Gasteiger partial charge in [-0.05, 0) is 37.1 Å². The minimum atomic E-state index is -0.522. The van der Waals surface area contributed by atoms with E-state index in [9.17, 15) is 9.59 Å². The Balaban J connectivity index is 1.52. The maximum absolute atomic E-state index is 12.5. The molecule has 1 fully saturated rings. The van der Waals surface area contributed by atoms with Gasteiger partial charge in [0.1, 0.15) is 5.52 Å². The third-order valence-corrected chi connectivity index (χ3v) is 4.49. The number of nitrogens with zero attached hydrogens (tertiary/aromatic N) is 3. The van der Waals surface area contributed by atoms with E-state index in [0.717, 1.165) is 23.9 Å². The zero-order chi connectivity index (χ0) is 17.2. The minimum absolute atomic E-state index is 0.00629. The molecule has 0 bridgehead atoms. The fourth-order valence-corrected chi connectivity index (χ4v) is 3.19. The molecule has 0 saturated carbocycles. The van der Waals surface area contributed by atoms with Crippen molar-refractivity contribution >= 4 is 22.8 Å². The Bertz CT molecular complexity index is 887. The van der Waals surface area contributed by atoms with E-state index in [1.54, 1.807) is 23.2 Å². The largest absolute Gasteiger partial charge is 0.440 e. The summed E-state index contributed by atoms with van der Waals surface area (Å²) in [4.78, 5) is 34.9. The predicted molar refractivity (Wildman–Crippen MR) is 91.1 cm³/mol. The Morgan fingerprint density at radius 2 is 2.04 bits per heavy atom. The van der Waals surface area contributed by atoms with E-state index < -0.39 is 11.7 Å². The Hall–Kier alpha value is -3.02. The van der Waals surface area contributed by atoms with Gasteiger partial charge in [-0.15, -0.1) is 0 Å². The van der Waals surface area contributed by atoms with Crippen LogP contribution in [-0.2, 0) is 4.79 Å². The third kappa shape index (κ3) is 3.03. The number of fused-ring (bicyclic) bond motifs is 1. The predicted octanol–water partition coefficient (Wildman–Crippen LogP) is 2.81. The van der Waals surface area contributed by atoms with Gasteiger partial charge in [0.05, 0.1) is 5.92 Å². The van der Waals surface area contributed by atoms with Crippen molar-refractivity contribution in [2.45, 2.75) is 18.8 Å². The first-order chi connectivity index (χ1) is 12.2. The number of hydrogen-bond donors (Lipinski definition) is 0. The molecule has 0 aliphatic carbocycles. The molecular formula is C19H17N3O3. The lowest BCUT2D eigenvalue weighted by atomic mass is 9.97. The Labute approximate surface area is 144 Å². The van der Waals surface area contributed by atoms with Crippen LogP contribution in [0.1, 0.15) is 35.0 Å². The van der Waals surface area contributed by atoms with Crippen LogP contribution in [0.3, 0.4) is 0 Å². The van der Waals surface area contributed by atoms with Crippen molar-refractivity contribution in [2.24, 2.45) is 0 Å². The average Bonchev–Trinajstić information content (AvgIpc) is 3.12. The van der Waals surface area contributed by atoms with Gasteiger partial charge in [-0.3, -0.25) is 14.6 Å². The van der Waals surface area contributed by atoms with Crippen molar-refractivity contribution in [3.8, 4) is 0 Å². The van der Waals surface area contributed by atoms with Crippen molar-refractivity contribution in [2.75, 3.05) is 13.1 Å². The number of amides is 1. The summed E-state index contributed by atoms with van der Waals surface area (Å²) >= 11 is 0. The highest BCUT2D eigenvalue weighted by Gasteiger charge is 2.31. The van der Waals surface area contributed by atoms with E-state index >= 15 is 0 Å². The summed E-state index contributed by atoms with van der Waals surface area (Å²) in [6, 6.07) is 10.9. The Morgan fingerprint density at radius 3 is 2.84 bits per heavy atom. The van der Waals surface area contributed by atoms with Crippen LogP contribution < -0.4 is 0 Å². The lowest BCUT2D eigenvalue weighted by Crippen LogP contribution is -2.42. The molecule has 6 heteroatoms. The summed E-state index contributed by atoms with van der Waals surface area (Å²) in [6.07, 6.45) is 4.70. The van der Waals surface area contributed by atoms with Crippen molar-refractivity contribution in [3.63, 3.8) is 0 Å². The molecule has 3 aromatic rings. The highest BCUT2D eigenvalue weighted by molar-refractivity contribution is 6.42. The standard InChI is InChI=1S/C19H17N3O3/c23-17(13-5-3-9-20-11-13)19(24)22-10-4-6-14(12-22)18-21-15-7-1-2-8-16(15)25-18/h1-3,5,7-9,11,14H,4,6,10,12H2/t14-/m1/s1. The van der Waals surface area contributed by atoms with Gasteiger partial charge in [0.15, 0.2) is 11.5 Å². The van der Waals surface area contributed by atoms with Gasteiger partial charge in [0.2, 0.25) is 0 Å². The normalized spacial score (nSPS) is 17.6. The molecule has 4 rings (SSSR count). The second-order valence-electron chi connectivity index (χ2n) is 6.18. The highest BCUT2D eigenvalue weighted by Crippen LogP contribution is 2.29. The smallest absolute Gasteiger partial charge is 0.295 e. The van der Waals surface area contributed by atoms with Crippen molar-refractivity contribution in [3.05, 3.63) is 60.2 Å². The van der Waals surface area contributed by atoms with Crippen molar-refractivity contribution < 1.29 is 14.0 Å². The van der Waals surface area contributed by atoms with Gasteiger partial charge < -0.3 is 9.32 Å². The Morgan fingerprint density at radius 1 is 1.16 bits per heavy atom. The molecule has 0 spiro atoms. The fraction of sp³-hybridized carbons (Fsp3) is 0.263. The second-order valence-corrected chi connectivity index (χ2v) is 6.18. The number of benzene rings is 1. The van der Waals surface area contributed by atoms with Crippen LogP contribution in [0.2, 0.25) is 0 Å². The number of Topliss-reactive ketones (excluding diaryl/α,β-unsaturated/α-hetero) is 1. The molecule has 1 aliphatic heterocycles. The van der Waals surface area contributed by atoms with Gasteiger partial charge in [-0.1, -0.05) is 12.1 Å². The van der Waals surface area contributed by atoms with Crippen LogP contribution in [0, 0.1) is 0 Å². The van der Waals surface area contributed by atoms with Gasteiger partial charge in [-0.2, -0.15) is 0 Å². The zero-order valence-corrected chi connectivity index (χ0v) is 13.6. The molecule has 126 valence electrons. The van der Waals surface area contributed by atoms with Crippen LogP contribution in [0.5, 0.6) is 0 Å². The summed E-state index contributed by atoms with van der Waals surface area (Å²) in [5.41, 5.74) is 1.87. The number of rotatable bonds is 3. The summed E-state index contributed by atoms with van der Waals surface area (Å²) in [7, 11) is 0. The van der Waals surface area contributed by atoms with E-state index in [1.165, 1.54) is 6.20 Å². The van der Waals surface area contributed by atoms with Crippen LogP contribution in [-0.4, -0.2) is 39.6 Å². The summed E-state index contributed by atoms with van der Waals surface area (Å²) in [5, 5.41) is 0. The number of aromatic nitrogens is 2. The molecule has 0 N–H and O–H groups in total. The number of piperidine rings is 1. The molecule has 1 amide bonds. The lowest BCUT2D eigenvalue weighted by Gasteiger charge is -2.30. The first-order valence-electron chi connectivity index (χ1n) is 8.31. The number of para-hydroxylation sites is 2. The number of oxazole rings is 1. The maximum Gasteiger partial charge on any atom is 0.295 e. The van der Waals surface area contributed by atoms with Crippen LogP contribution >= 0.6 is 0 Å². The molecule has 6 nitrogen and oxygen atoms in total. The highest BCUT2D eigenvalue weighted by atomic mass is 16.3. The van der Waals surface area contributed by atoms with Crippen molar-refractivity contribution in [1.29, 1.82) is 0 Å². The summed E-state index contributed by atoms with van der Waals surface area (Å²) in [5.74, 6) is -0.376. The first kappa shape index (κ1) is 15.5. The summed E-state index contributed by atoms with van der Waals surface area (Å²) in [6.45, 7) is 1.01. The number of pyridine rings is 1. The molecule has 0 radical (unpaired) electrons.